The SMILES string of the molecule is Cc1cc(C)c(S(=O)(=O)N2CCC(C(=O)Nc3cnc(-c4ccccc4)nc3)CC2)c(C)c1. The lowest BCUT2D eigenvalue weighted by Crippen LogP contribution is -2.41. The quantitative estimate of drug-likeness (QED) is 0.614. The average molecular weight is 465 g/mol. The van der Waals surface area contributed by atoms with Gasteiger partial charge in [-0.1, -0.05) is 48.0 Å². The minimum atomic E-state index is -3.60. The van der Waals surface area contributed by atoms with Gasteiger partial charge in [-0.15, -0.1) is 0 Å². The van der Waals surface area contributed by atoms with Crippen molar-refractivity contribution in [3.63, 3.8) is 0 Å². The molecule has 0 unspecified atom stereocenters. The maximum atomic E-state index is 13.3. The summed E-state index contributed by atoms with van der Waals surface area (Å²) in [6, 6.07) is 13.4. The van der Waals surface area contributed by atoms with E-state index in [9.17, 15) is 13.2 Å². The number of aryl methyl sites for hydroxylation is 3. The lowest BCUT2D eigenvalue weighted by Gasteiger charge is -2.31. The minimum absolute atomic E-state index is 0.134. The molecule has 3 aromatic rings. The molecule has 1 saturated heterocycles. The summed E-state index contributed by atoms with van der Waals surface area (Å²) < 4.78 is 28.0. The molecule has 1 aliphatic rings. The van der Waals surface area contributed by atoms with E-state index in [1.54, 1.807) is 12.4 Å². The normalized spacial score (nSPS) is 15.4. The molecule has 8 heteroatoms. The molecule has 7 nitrogen and oxygen atoms in total. The molecule has 33 heavy (non-hydrogen) atoms. The van der Waals surface area contributed by atoms with E-state index >= 15 is 0 Å². The number of nitrogens with one attached hydrogen (secondary N) is 1. The fourth-order valence-corrected chi connectivity index (χ4v) is 6.32. The maximum Gasteiger partial charge on any atom is 0.243 e. The van der Waals surface area contributed by atoms with Crippen LogP contribution < -0.4 is 5.32 Å². The number of hydrogen-bond acceptors (Lipinski definition) is 5. The van der Waals surface area contributed by atoms with Gasteiger partial charge in [0, 0.05) is 24.6 Å². The summed E-state index contributed by atoms with van der Waals surface area (Å²) in [7, 11) is -3.60. The number of piperidine rings is 1. The number of benzene rings is 2. The zero-order valence-corrected chi connectivity index (χ0v) is 19.9. The third-order valence-electron chi connectivity index (χ3n) is 5.98. The van der Waals surface area contributed by atoms with E-state index in [1.165, 1.54) is 4.31 Å². The van der Waals surface area contributed by atoms with Gasteiger partial charge in [0.05, 0.1) is 23.0 Å². The van der Waals surface area contributed by atoms with Crippen molar-refractivity contribution in [3.05, 3.63) is 71.5 Å². The van der Waals surface area contributed by atoms with Crippen LogP contribution in [0.25, 0.3) is 11.4 Å². The Hall–Kier alpha value is -3.10. The first kappa shape index (κ1) is 23.1. The summed E-state index contributed by atoms with van der Waals surface area (Å²) in [5, 5.41) is 2.87. The highest BCUT2D eigenvalue weighted by molar-refractivity contribution is 7.89. The molecular formula is C25H28N4O3S. The van der Waals surface area contributed by atoms with Gasteiger partial charge in [0.25, 0.3) is 0 Å². The second-order valence-corrected chi connectivity index (χ2v) is 10.4. The molecule has 1 aromatic heterocycles. The van der Waals surface area contributed by atoms with Gasteiger partial charge in [0.1, 0.15) is 0 Å². The molecular weight excluding hydrogens is 436 g/mol. The van der Waals surface area contributed by atoms with Gasteiger partial charge in [0.15, 0.2) is 5.82 Å². The lowest BCUT2D eigenvalue weighted by atomic mass is 9.97. The topological polar surface area (TPSA) is 92.3 Å². The summed E-state index contributed by atoms with van der Waals surface area (Å²) >= 11 is 0. The first-order chi connectivity index (χ1) is 15.8. The molecule has 0 aliphatic carbocycles. The second-order valence-electron chi connectivity index (χ2n) is 8.56. The van der Waals surface area contributed by atoms with Crippen LogP contribution in [0.15, 0.2) is 59.8 Å². The van der Waals surface area contributed by atoms with Crippen molar-refractivity contribution in [2.75, 3.05) is 18.4 Å². The van der Waals surface area contributed by atoms with Crippen LogP contribution >= 0.6 is 0 Å². The Morgan fingerprint density at radius 2 is 1.55 bits per heavy atom. The van der Waals surface area contributed by atoms with Crippen molar-refractivity contribution in [1.29, 1.82) is 0 Å². The number of sulfonamides is 1. The Morgan fingerprint density at radius 3 is 2.12 bits per heavy atom. The Morgan fingerprint density at radius 1 is 0.970 bits per heavy atom. The Kier molecular flexibility index (Phi) is 6.58. The zero-order valence-electron chi connectivity index (χ0n) is 19.1. The van der Waals surface area contributed by atoms with Gasteiger partial charge < -0.3 is 5.32 Å². The van der Waals surface area contributed by atoms with E-state index in [2.05, 4.69) is 15.3 Å². The predicted molar refractivity (Wildman–Crippen MR) is 128 cm³/mol. The molecule has 2 aromatic carbocycles. The Labute approximate surface area is 194 Å². The number of amides is 1. The summed E-state index contributed by atoms with van der Waals surface area (Å²) in [4.78, 5) is 21.8. The maximum absolute atomic E-state index is 13.3. The first-order valence-electron chi connectivity index (χ1n) is 11.0. The molecule has 1 fully saturated rings. The highest BCUT2D eigenvalue weighted by Crippen LogP contribution is 2.29. The van der Waals surface area contributed by atoms with Crippen LogP contribution in [-0.4, -0.2) is 41.7 Å². The summed E-state index contributed by atoms with van der Waals surface area (Å²) in [5.74, 6) is 0.199. The summed E-state index contributed by atoms with van der Waals surface area (Å²) in [6.45, 7) is 6.25. The van der Waals surface area contributed by atoms with E-state index in [4.69, 9.17) is 0 Å². The van der Waals surface area contributed by atoms with E-state index in [0.29, 0.717) is 42.3 Å². The molecule has 0 radical (unpaired) electrons. The number of aromatic nitrogens is 2. The summed E-state index contributed by atoms with van der Waals surface area (Å²) in [6.07, 6.45) is 4.13. The van der Waals surface area contributed by atoms with E-state index in [1.807, 2.05) is 63.2 Å². The van der Waals surface area contributed by atoms with Crippen LogP contribution in [0.2, 0.25) is 0 Å². The van der Waals surface area contributed by atoms with E-state index in [-0.39, 0.29) is 11.8 Å². The number of carbonyl (C=O) groups excluding carboxylic acids is 1. The van der Waals surface area contributed by atoms with Crippen molar-refractivity contribution in [3.8, 4) is 11.4 Å². The first-order valence-corrected chi connectivity index (χ1v) is 12.5. The highest BCUT2D eigenvalue weighted by Gasteiger charge is 2.33. The van der Waals surface area contributed by atoms with Crippen molar-refractivity contribution >= 4 is 21.6 Å². The number of rotatable bonds is 5. The number of carbonyl (C=O) groups is 1. The molecule has 0 spiro atoms. The van der Waals surface area contributed by atoms with Crippen molar-refractivity contribution < 1.29 is 13.2 Å². The Bertz CT molecular complexity index is 1230. The predicted octanol–water partition coefficient (Wildman–Crippen LogP) is 4.11. The molecule has 0 atom stereocenters. The molecule has 0 bridgehead atoms. The van der Waals surface area contributed by atoms with Crippen molar-refractivity contribution in [2.24, 2.45) is 5.92 Å². The summed E-state index contributed by atoms with van der Waals surface area (Å²) in [5.41, 5.74) is 3.99. The highest BCUT2D eigenvalue weighted by atomic mass is 32.2. The van der Waals surface area contributed by atoms with Crippen molar-refractivity contribution in [1.82, 2.24) is 14.3 Å². The van der Waals surface area contributed by atoms with Crippen LogP contribution in [0.1, 0.15) is 29.5 Å². The van der Waals surface area contributed by atoms with E-state index < -0.39 is 10.0 Å². The van der Waals surface area contributed by atoms with Crippen molar-refractivity contribution in [2.45, 2.75) is 38.5 Å². The molecule has 1 aliphatic heterocycles. The second kappa shape index (κ2) is 9.41. The molecule has 1 amide bonds. The smallest absolute Gasteiger partial charge is 0.243 e. The van der Waals surface area contributed by atoms with Gasteiger partial charge in [-0.3, -0.25) is 4.79 Å². The fourth-order valence-electron chi connectivity index (χ4n) is 4.43. The molecule has 4 rings (SSSR count). The third kappa shape index (κ3) is 4.96. The van der Waals surface area contributed by atoms with Gasteiger partial charge in [0.2, 0.25) is 15.9 Å². The fraction of sp³-hybridized carbons (Fsp3) is 0.320. The van der Waals surface area contributed by atoms with Gasteiger partial charge in [-0.05, 0) is 44.7 Å². The molecule has 172 valence electrons. The van der Waals surface area contributed by atoms with Crippen LogP contribution in [0.4, 0.5) is 5.69 Å². The Balaban J connectivity index is 1.38. The lowest BCUT2D eigenvalue weighted by molar-refractivity contribution is -0.120. The number of hydrogen-bond donors (Lipinski definition) is 1. The molecule has 1 N–H and O–H groups in total. The van der Waals surface area contributed by atoms with E-state index in [0.717, 1.165) is 22.3 Å². The molecule has 0 saturated carbocycles. The zero-order chi connectivity index (χ0) is 23.6. The number of nitrogens with zero attached hydrogens (tertiary/aromatic N) is 3. The average Bonchev–Trinajstić information content (AvgIpc) is 2.79. The van der Waals surface area contributed by atoms with Gasteiger partial charge in [-0.25, -0.2) is 18.4 Å². The standard InChI is InChI=1S/C25H28N4O3S/c1-17-13-18(2)23(19(3)14-17)33(31,32)29-11-9-21(10-12-29)25(30)28-22-15-26-24(27-16-22)20-7-5-4-6-8-20/h4-8,13-16,21H,9-12H2,1-3H3,(H,28,30). The van der Waals surface area contributed by atoms with Gasteiger partial charge >= 0.3 is 0 Å². The van der Waals surface area contributed by atoms with Crippen LogP contribution in [0.3, 0.4) is 0 Å². The largest absolute Gasteiger partial charge is 0.323 e. The van der Waals surface area contributed by atoms with Crippen LogP contribution in [-0.2, 0) is 14.8 Å². The monoisotopic (exact) mass is 464 g/mol. The molecule has 2 heterocycles. The van der Waals surface area contributed by atoms with Gasteiger partial charge in [-0.2, -0.15) is 4.31 Å². The number of anilines is 1. The third-order valence-corrected chi connectivity index (χ3v) is 8.18. The minimum Gasteiger partial charge on any atom is -0.323 e. The van der Waals surface area contributed by atoms with Crippen LogP contribution in [0.5, 0.6) is 0 Å². The van der Waals surface area contributed by atoms with Crippen LogP contribution in [0, 0.1) is 26.7 Å².